The molecule has 0 heterocycles. The largest absolute Gasteiger partial charge is 0.481 e. The summed E-state index contributed by atoms with van der Waals surface area (Å²) in [4.78, 5) is 10.7. The Labute approximate surface area is 90.4 Å². The zero-order valence-electron chi connectivity index (χ0n) is 8.31. The van der Waals surface area contributed by atoms with Gasteiger partial charge in [-0.15, -0.1) is 0 Å². The fraction of sp³-hybridized carbons (Fsp3) is 0.889. The zero-order valence-corrected chi connectivity index (χ0v) is 9.06. The van der Waals surface area contributed by atoms with Crippen molar-refractivity contribution in [3.63, 3.8) is 0 Å². The van der Waals surface area contributed by atoms with E-state index in [4.69, 9.17) is 16.7 Å². The van der Waals surface area contributed by atoms with Crippen molar-refractivity contribution >= 4 is 17.6 Å². The predicted molar refractivity (Wildman–Crippen MR) is 48.7 cm³/mol. The number of hydrogen-bond donors (Lipinski definition) is 1. The van der Waals surface area contributed by atoms with E-state index < -0.39 is 41.2 Å². The van der Waals surface area contributed by atoms with Gasteiger partial charge >= 0.3 is 5.97 Å². The second kappa shape index (κ2) is 3.54. The van der Waals surface area contributed by atoms with E-state index in [9.17, 15) is 18.0 Å². The lowest BCUT2D eigenvalue weighted by Crippen LogP contribution is -2.26. The molecule has 0 bridgehead atoms. The van der Waals surface area contributed by atoms with Gasteiger partial charge in [-0.1, -0.05) is 25.4 Å². The minimum Gasteiger partial charge on any atom is -0.481 e. The number of hydrogen-bond acceptors (Lipinski definition) is 1. The molecule has 1 saturated carbocycles. The van der Waals surface area contributed by atoms with Crippen LogP contribution in [-0.2, 0) is 4.79 Å². The second-order valence-electron chi connectivity index (χ2n) is 4.51. The molecule has 88 valence electrons. The summed E-state index contributed by atoms with van der Waals surface area (Å²) in [6.07, 6.45) is -3.93. The second-order valence-corrected chi connectivity index (χ2v) is 5.14. The van der Waals surface area contributed by atoms with E-state index in [1.54, 1.807) is 13.8 Å². The molecule has 0 amide bonds. The van der Waals surface area contributed by atoms with Crippen LogP contribution in [0.5, 0.6) is 0 Å². The summed E-state index contributed by atoms with van der Waals surface area (Å²) in [5.74, 6) is -2.51. The highest BCUT2D eigenvalue weighted by molar-refractivity contribution is 6.23. The van der Waals surface area contributed by atoms with Crippen LogP contribution in [0.3, 0.4) is 0 Å². The standard InChI is InChI=1S/C9H12ClF3O2/c1-8(2)4(5(8)6(14)15)3-9(10,13)7(11)12/h4-5,7H,3H2,1-2H3,(H,14,15). The normalized spacial score (nSPS) is 32.5. The highest BCUT2D eigenvalue weighted by Gasteiger charge is 2.64. The van der Waals surface area contributed by atoms with Crippen LogP contribution in [0.2, 0.25) is 0 Å². The molecule has 1 N–H and O–H groups in total. The molecule has 0 aromatic heterocycles. The molecule has 1 aliphatic carbocycles. The Hall–Kier alpha value is -0.450. The van der Waals surface area contributed by atoms with Crippen molar-refractivity contribution in [3.05, 3.63) is 0 Å². The van der Waals surface area contributed by atoms with Gasteiger partial charge in [0.05, 0.1) is 5.92 Å². The molecule has 15 heavy (non-hydrogen) atoms. The number of carbonyl (C=O) groups is 1. The van der Waals surface area contributed by atoms with Gasteiger partial charge in [0.25, 0.3) is 6.43 Å². The fourth-order valence-corrected chi connectivity index (χ4v) is 2.16. The Morgan fingerprint density at radius 1 is 1.60 bits per heavy atom. The maximum absolute atomic E-state index is 13.1. The van der Waals surface area contributed by atoms with E-state index in [2.05, 4.69) is 0 Å². The van der Waals surface area contributed by atoms with Gasteiger partial charge in [0.2, 0.25) is 5.13 Å². The third-order valence-electron chi connectivity index (χ3n) is 3.13. The number of rotatable bonds is 4. The minimum atomic E-state index is -3.30. The third kappa shape index (κ3) is 2.22. The van der Waals surface area contributed by atoms with Gasteiger partial charge < -0.3 is 5.11 Å². The van der Waals surface area contributed by atoms with Crippen molar-refractivity contribution < 1.29 is 23.1 Å². The average Bonchev–Trinajstić information content (AvgIpc) is 2.51. The van der Waals surface area contributed by atoms with E-state index in [-0.39, 0.29) is 0 Å². The molecular weight excluding hydrogens is 233 g/mol. The maximum Gasteiger partial charge on any atom is 0.307 e. The Balaban J connectivity index is 2.67. The molecule has 2 nitrogen and oxygen atoms in total. The molecule has 3 atom stereocenters. The molecule has 0 aliphatic heterocycles. The van der Waals surface area contributed by atoms with Crippen LogP contribution >= 0.6 is 11.6 Å². The molecule has 6 heteroatoms. The lowest BCUT2D eigenvalue weighted by molar-refractivity contribution is -0.139. The van der Waals surface area contributed by atoms with Crippen LogP contribution in [0.15, 0.2) is 0 Å². The SMILES string of the molecule is CC1(C)C(CC(F)(Cl)C(F)F)C1C(=O)O. The Kier molecular flexibility index (Phi) is 2.98. The number of carboxylic acids is 1. The Morgan fingerprint density at radius 3 is 2.33 bits per heavy atom. The van der Waals surface area contributed by atoms with Crippen LogP contribution < -0.4 is 0 Å². The van der Waals surface area contributed by atoms with Gasteiger partial charge in [0, 0.05) is 6.42 Å². The van der Waals surface area contributed by atoms with Gasteiger partial charge in [-0.3, -0.25) is 4.79 Å². The summed E-state index contributed by atoms with van der Waals surface area (Å²) >= 11 is 4.99. The highest BCUT2D eigenvalue weighted by Crippen LogP contribution is 2.62. The van der Waals surface area contributed by atoms with Crippen molar-refractivity contribution in [1.29, 1.82) is 0 Å². The van der Waals surface area contributed by atoms with Gasteiger partial charge in [-0.2, -0.15) is 0 Å². The van der Waals surface area contributed by atoms with Crippen molar-refractivity contribution in [2.75, 3.05) is 0 Å². The maximum atomic E-state index is 13.1. The predicted octanol–water partition coefficient (Wildman–Crippen LogP) is 2.90. The van der Waals surface area contributed by atoms with E-state index in [0.717, 1.165) is 0 Å². The van der Waals surface area contributed by atoms with Crippen LogP contribution in [0.4, 0.5) is 13.2 Å². The van der Waals surface area contributed by atoms with E-state index in [0.29, 0.717) is 0 Å². The van der Waals surface area contributed by atoms with E-state index >= 15 is 0 Å². The highest BCUT2D eigenvalue weighted by atomic mass is 35.5. The van der Waals surface area contributed by atoms with Gasteiger partial charge in [0.1, 0.15) is 0 Å². The van der Waals surface area contributed by atoms with Gasteiger partial charge in [0.15, 0.2) is 0 Å². The Bertz CT molecular complexity index is 279. The topological polar surface area (TPSA) is 37.3 Å². The summed E-state index contributed by atoms with van der Waals surface area (Å²) in [5, 5.41) is 5.62. The summed E-state index contributed by atoms with van der Waals surface area (Å²) in [5.41, 5.74) is -0.660. The lowest BCUT2D eigenvalue weighted by Gasteiger charge is -2.17. The van der Waals surface area contributed by atoms with E-state index in [1.807, 2.05) is 0 Å². The summed E-state index contributed by atoms with van der Waals surface area (Å²) in [6, 6.07) is 0. The first-order valence-electron chi connectivity index (χ1n) is 4.49. The summed E-state index contributed by atoms with van der Waals surface area (Å²) in [7, 11) is 0. The number of carboxylic acid groups (broad SMARTS) is 1. The lowest BCUT2D eigenvalue weighted by atomic mass is 10.1. The van der Waals surface area contributed by atoms with Crippen LogP contribution in [0, 0.1) is 17.3 Å². The van der Waals surface area contributed by atoms with Gasteiger partial charge in [-0.25, -0.2) is 13.2 Å². The molecule has 0 aromatic carbocycles. The molecule has 0 saturated heterocycles. The molecule has 1 fully saturated rings. The molecule has 3 unspecified atom stereocenters. The van der Waals surface area contributed by atoms with E-state index in [1.165, 1.54) is 0 Å². The van der Waals surface area contributed by atoms with Crippen LogP contribution in [0.25, 0.3) is 0 Å². The van der Waals surface area contributed by atoms with Crippen molar-refractivity contribution in [3.8, 4) is 0 Å². The molecule has 0 radical (unpaired) electrons. The molecule has 1 rings (SSSR count). The summed E-state index contributed by atoms with van der Waals surface area (Å²) < 4.78 is 37.4. The first-order valence-corrected chi connectivity index (χ1v) is 4.87. The average molecular weight is 245 g/mol. The number of alkyl halides is 4. The molecule has 0 spiro atoms. The quantitative estimate of drug-likeness (QED) is 0.772. The fourth-order valence-electron chi connectivity index (χ4n) is 2.00. The molecule has 0 aromatic rings. The van der Waals surface area contributed by atoms with Crippen molar-refractivity contribution in [2.45, 2.75) is 31.8 Å². The molecular formula is C9H12ClF3O2. The first kappa shape index (κ1) is 12.6. The first-order chi connectivity index (χ1) is 6.60. The van der Waals surface area contributed by atoms with Crippen molar-refractivity contribution in [1.82, 2.24) is 0 Å². The minimum absolute atomic E-state index is 0.629. The zero-order chi connectivity index (χ0) is 12.0. The number of halogens is 4. The van der Waals surface area contributed by atoms with Gasteiger partial charge in [-0.05, 0) is 11.3 Å². The summed E-state index contributed by atoms with van der Waals surface area (Å²) in [6.45, 7) is 3.21. The Morgan fingerprint density at radius 2 is 2.07 bits per heavy atom. The monoisotopic (exact) mass is 244 g/mol. The molecule has 1 aliphatic rings. The van der Waals surface area contributed by atoms with Crippen LogP contribution in [-0.4, -0.2) is 22.6 Å². The number of aliphatic carboxylic acids is 1. The van der Waals surface area contributed by atoms with Crippen LogP contribution in [0.1, 0.15) is 20.3 Å². The third-order valence-corrected chi connectivity index (χ3v) is 3.45. The smallest absolute Gasteiger partial charge is 0.307 e. The van der Waals surface area contributed by atoms with Crippen molar-refractivity contribution in [2.24, 2.45) is 17.3 Å².